The number of rotatable bonds is 4. The van der Waals surface area contributed by atoms with E-state index in [1.54, 1.807) is 0 Å². The zero-order valence-electron chi connectivity index (χ0n) is 24.8. The topological polar surface area (TPSA) is 41.9 Å². The first-order valence-electron chi connectivity index (χ1n) is 15.4. The van der Waals surface area contributed by atoms with Crippen LogP contribution < -0.4 is 0 Å². The lowest BCUT2D eigenvalue weighted by Crippen LogP contribution is -1.93. The molecule has 0 aliphatic rings. The van der Waals surface area contributed by atoms with Gasteiger partial charge in [-0.2, -0.15) is 5.26 Å². The lowest BCUT2D eigenvalue weighted by Gasteiger charge is -2.10. The average molecular weight is 587 g/mol. The largest absolute Gasteiger partial charge is 0.456 e. The van der Waals surface area contributed by atoms with Crippen molar-refractivity contribution in [3.63, 3.8) is 0 Å². The fourth-order valence-electron chi connectivity index (χ4n) is 6.87. The van der Waals surface area contributed by atoms with Gasteiger partial charge in [-0.1, -0.05) is 97.1 Å². The molecule has 2 aromatic heterocycles. The second kappa shape index (κ2) is 10.4. The van der Waals surface area contributed by atoms with Crippen LogP contribution in [0.15, 0.2) is 162 Å². The van der Waals surface area contributed by atoms with E-state index in [2.05, 4.69) is 132 Å². The van der Waals surface area contributed by atoms with E-state index in [1.165, 1.54) is 32.9 Å². The molecule has 0 saturated heterocycles. The second-order valence-electron chi connectivity index (χ2n) is 11.7. The Labute approximate surface area is 265 Å². The monoisotopic (exact) mass is 586 g/mol. The van der Waals surface area contributed by atoms with Crippen LogP contribution in [-0.2, 0) is 0 Å². The van der Waals surface area contributed by atoms with E-state index in [0.717, 1.165) is 49.9 Å². The highest BCUT2D eigenvalue weighted by atomic mass is 16.3. The van der Waals surface area contributed by atoms with Crippen LogP contribution in [0.2, 0.25) is 0 Å². The SMILES string of the molecule is N#Cc1cccc(-c2cccc3oc4ccc(-c5ccc6c(c5)c5ccccc5n6-c5ccc(-c6ccccc6)cc5)cc4c23)c1. The van der Waals surface area contributed by atoms with Gasteiger partial charge in [-0.15, -0.1) is 0 Å². The van der Waals surface area contributed by atoms with Crippen molar-refractivity contribution in [3.05, 3.63) is 163 Å². The highest BCUT2D eigenvalue weighted by Crippen LogP contribution is 2.40. The normalized spacial score (nSPS) is 11.5. The van der Waals surface area contributed by atoms with Gasteiger partial charge in [-0.25, -0.2) is 0 Å². The Morgan fingerprint density at radius 1 is 0.457 bits per heavy atom. The maximum Gasteiger partial charge on any atom is 0.136 e. The highest BCUT2D eigenvalue weighted by Gasteiger charge is 2.16. The summed E-state index contributed by atoms with van der Waals surface area (Å²) in [5.74, 6) is 0. The number of aromatic nitrogens is 1. The molecule has 0 fully saturated rings. The molecule has 0 aliphatic heterocycles. The van der Waals surface area contributed by atoms with Crippen LogP contribution in [0.25, 0.3) is 82.8 Å². The molecule has 214 valence electrons. The van der Waals surface area contributed by atoms with E-state index >= 15 is 0 Å². The van der Waals surface area contributed by atoms with Crippen LogP contribution in [0.1, 0.15) is 5.56 Å². The Hall–Kier alpha value is -6.37. The van der Waals surface area contributed by atoms with Gasteiger partial charge in [0.05, 0.1) is 22.7 Å². The molecule has 9 rings (SSSR count). The van der Waals surface area contributed by atoms with Crippen molar-refractivity contribution in [3.8, 4) is 45.1 Å². The third kappa shape index (κ3) is 4.13. The minimum atomic E-state index is 0.641. The molecule has 0 atom stereocenters. The van der Waals surface area contributed by atoms with Crippen LogP contribution in [-0.4, -0.2) is 4.57 Å². The van der Waals surface area contributed by atoms with E-state index in [1.807, 2.05) is 36.4 Å². The summed E-state index contributed by atoms with van der Waals surface area (Å²) in [5, 5.41) is 14.1. The minimum absolute atomic E-state index is 0.641. The summed E-state index contributed by atoms with van der Waals surface area (Å²) in [6.45, 7) is 0. The molecule has 0 aliphatic carbocycles. The van der Waals surface area contributed by atoms with Crippen LogP contribution in [0, 0.1) is 11.3 Å². The maximum atomic E-state index is 9.51. The Kier molecular flexibility index (Phi) is 5.88. The van der Waals surface area contributed by atoms with Gasteiger partial charge < -0.3 is 8.98 Å². The number of fused-ring (bicyclic) bond motifs is 6. The first kappa shape index (κ1) is 26.1. The predicted octanol–water partition coefficient (Wildman–Crippen LogP) is 11.6. The summed E-state index contributed by atoms with van der Waals surface area (Å²) in [6.07, 6.45) is 0. The summed E-state index contributed by atoms with van der Waals surface area (Å²) >= 11 is 0. The molecule has 0 unspecified atom stereocenters. The number of furan rings is 1. The van der Waals surface area contributed by atoms with Gasteiger partial charge in [-0.05, 0) is 94.0 Å². The molecule has 3 heteroatoms. The van der Waals surface area contributed by atoms with Gasteiger partial charge in [0.15, 0.2) is 0 Å². The van der Waals surface area contributed by atoms with Crippen molar-refractivity contribution < 1.29 is 4.42 Å². The molecule has 2 heterocycles. The van der Waals surface area contributed by atoms with Crippen molar-refractivity contribution in [1.29, 1.82) is 5.26 Å². The predicted molar refractivity (Wildman–Crippen MR) is 189 cm³/mol. The minimum Gasteiger partial charge on any atom is -0.456 e. The quantitative estimate of drug-likeness (QED) is 0.206. The molecule has 0 saturated carbocycles. The van der Waals surface area contributed by atoms with Gasteiger partial charge in [-0.3, -0.25) is 0 Å². The Bertz CT molecular complexity index is 2630. The number of nitriles is 1. The van der Waals surface area contributed by atoms with Gasteiger partial charge in [0.1, 0.15) is 11.2 Å². The molecule has 0 N–H and O–H groups in total. The van der Waals surface area contributed by atoms with Gasteiger partial charge in [0.2, 0.25) is 0 Å². The summed E-state index contributed by atoms with van der Waals surface area (Å²) < 4.78 is 8.67. The molecule has 0 amide bonds. The molecule has 0 bridgehead atoms. The van der Waals surface area contributed by atoms with E-state index < -0.39 is 0 Å². The van der Waals surface area contributed by atoms with Crippen molar-refractivity contribution in [2.24, 2.45) is 0 Å². The zero-order chi connectivity index (χ0) is 30.6. The average Bonchev–Trinajstić information content (AvgIpc) is 3.67. The molecule has 3 nitrogen and oxygen atoms in total. The van der Waals surface area contributed by atoms with Crippen molar-refractivity contribution in [2.75, 3.05) is 0 Å². The zero-order valence-corrected chi connectivity index (χ0v) is 24.8. The standard InChI is InChI=1S/C43H26N2O/c44-27-28-8-6-11-33(24-28)35-13-7-15-42-43(35)38-26-32(19-23-41(38)46-42)31-18-22-40-37(25-31)36-12-4-5-14-39(36)45(40)34-20-16-30(17-21-34)29-9-2-1-3-10-29/h1-26H. The van der Waals surface area contributed by atoms with E-state index in [0.29, 0.717) is 5.56 Å². The van der Waals surface area contributed by atoms with Crippen LogP contribution >= 0.6 is 0 Å². The van der Waals surface area contributed by atoms with E-state index in [9.17, 15) is 5.26 Å². The number of nitrogens with zero attached hydrogens (tertiary/aromatic N) is 2. The summed E-state index contributed by atoms with van der Waals surface area (Å²) in [4.78, 5) is 0. The fraction of sp³-hybridized carbons (Fsp3) is 0. The Morgan fingerprint density at radius 3 is 1.98 bits per heavy atom. The molecule has 7 aromatic carbocycles. The van der Waals surface area contributed by atoms with Crippen molar-refractivity contribution in [2.45, 2.75) is 0 Å². The van der Waals surface area contributed by atoms with Crippen LogP contribution in [0.5, 0.6) is 0 Å². The molecular formula is C43H26N2O. The van der Waals surface area contributed by atoms with Gasteiger partial charge in [0, 0.05) is 27.2 Å². The van der Waals surface area contributed by atoms with Crippen LogP contribution in [0.4, 0.5) is 0 Å². The van der Waals surface area contributed by atoms with Gasteiger partial charge >= 0.3 is 0 Å². The molecular weight excluding hydrogens is 560 g/mol. The fourth-order valence-corrected chi connectivity index (χ4v) is 6.87. The number of benzene rings is 7. The molecule has 46 heavy (non-hydrogen) atoms. The van der Waals surface area contributed by atoms with Crippen LogP contribution in [0.3, 0.4) is 0 Å². The second-order valence-corrected chi connectivity index (χ2v) is 11.7. The Morgan fingerprint density at radius 2 is 1.13 bits per heavy atom. The van der Waals surface area contributed by atoms with Gasteiger partial charge in [0.25, 0.3) is 0 Å². The summed E-state index contributed by atoms with van der Waals surface area (Å²) in [5.41, 5.74) is 12.6. The third-order valence-electron chi connectivity index (χ3n) is 9.04. The highest BCUT2D eigenvalue weighted by molar-refractivity contribution is 6.14. The van der Waals surface area contributed by atoms with Crippen molar-refractivity contribution in [1.82, 2.24) is 4.57 Å². The molecule has 9 aromatic rings. The summed E-state index contributed by atoms with van der Waals surface area (Å²) in [6, 6.07) is 57.4. The molecule has 0 spiro atoms. The number of hydrogen-bond acceptors (Lipinski definition) is 2. The first-order chi connectivity index (χ1) is 22.7. The van der Waals surface area contributed by atoms with Crippen molar-refractivity contribution >= 4 is 43.7 Å². The Balaban J connectivity index is 1.19. The lowest BCUT2D eigenvalue weighted by molar-refractivity contribution is 0.669. The number of hydrogen-bond donors (Lipinski definition) is 0. The number of para-hydroxylation sites is 1. The van der Waals surface area contributed by atoms with E-state index in [-0.39, 0.29) is 0 Å². The third-order valence-corrected chi connectivity index (χ3v) is 9.04. The lowest BCUT2D eigenvalue weighted by atomic mass is 9.96. The smallest absolute Gasteiger partial charge is 0.136 e. The maximum absolute atomic E-state index is 9.51. The molecule has 0 radical (unpaired) electrons. The first-order valence-corrected chi connectivity index (χ1v) is 15.4. The summed E-state index contributed by atoms with van der Waals surface area (Å²) in [7, 11) is 0. The van der Waals surface area contributed by atoms with E-state index in [4.69, 9.17) is 4.42 Å².